The highest BCUT2D eigenvalue weighted by molar-refractivity contribution is 6.02. The van der Waals surface area contributed by atoms with E-state index < -0.39 is 12.1 Å². The molecule has 166 valence electrons. The second kappa shape index (κ2) is 10.4. The Hall–Kier alpha value is -2.99. The third kappa shape index (κ3) is 5.02. The van der Waals surface area contributed by atoms with Crippen molar-refractivity contribution in [3.63, 3.8) is 0 Å². The van der Waals surface area contributed by atoms with Gasteiger partial charge in [-0.2, -0.15) is 0 Å². The lowest BCUT2D eigenvalue weighted by atomic mass is 9.65. The highest BCUT2D eigenvalue weighted by atomic mass is 19.1. The van der Waals surface area contributed by atoms with Gasteiger partial charge in [-0.25, -0.2) is 4.39 Å². The maximum Gasteiger partial charge on any atom is 0.232 e. The normalized spacial score (nSPS) is 21.2. The van der Waals surface area contributed by atoms with Crippen molar-refractivity contribution in [2.75, 3.05) is 13.8 Å². The number of likely N-dealkylation sites (N-methyl/N-ethyl adjacent to an activating group) is 1. The van der Waals surface area contributed by atoms with Crippen LogP contribution in [-0.4, -0.2) is 35.4 Å². The zero-order valence-corrected chi connectivity index (χ0v) is 18.8. The summed E-state index contributed by atoms with van der Waals surface area (Å²) < 4.78 is 14.4. The van der Waals surface area contributed by atoms with Crippen molar-refractivity contribution in [3.8, 4) is 0 Å². The Bertz CT molecular complexity index is 962. The van der Waals surface area contributed by atoms with Crippen LogP contribution in [0.5, 0.6) is 0 Å². The lowest BCUT2D eigenvalue weighted by Gasteiger charge is -2.39. The number of carbonyl (C=O) groups excluding carboxylic acids is 1. The molecule has 0 saturated heterocycles. The van der Waals surface area contributed by atoms with Gasteiger partial charge in [-0.05, 0) is 74.4 Å². The van der Waals surface area contributed by atoms with E-state index in [1.54, 1.807) is 25.1 Å². The molecule has 1 amide bonds. The molecule has 3 N–H and O–H groups in total. The van der Waals surface area contributed by atoms with Crippen LogP contribution in [0.3, 0.4) is 0 Å². The van der Waals surface area contributed by atoms with Crippen LogP contribution in [-0.2, 0) is 10.2 Å². The van der Waals surface area contributed by atoms with E-state index in [2.05, 4.69) is 11.9 Å². The van der Waals surface area contributed by atoms with Gasteiger partial charge in [0, 0.05) is 24.7 Å². The maximum absolute atomic E-state index is 14.4. The Labute approximate surface area is 184 Å². The van der Waals surface area contributed by atoms with Gasteiger partial charge in [-0.3, -0.25) is 4.79 Å². The number of rotatable bonds is 7. The summed E-state index contributed by atoms with van der Waals surface area (Å²) in [6.07, 6.45) is 8.49. The molecule has 0 aromatic heterocycles. The van der Waals surface area contributed by atoms with Gasteiger partial charge in [0.2, 0.25) is 5.91 Å². The Morgan fingerprint density at radius 2 is 2.16 bits per heavy atom. The fourth-order valence-electron chi connectivity index (χ4n) is 4.28. The minimum atomic E-state index is -1.07. The first-order valence-electron chi connectivity index (χ1n) is 10.3. The predicted octanol–water partition coefficient (Wildman–Crippen LogP) is 4.49. The molecule has 1 aromatic rings. The number of halogens is 1. The van der Waals surface area contributed by atoms with Gasteiger partial charge in [0.15, 0.2) is 0 Å². The van der Waals surface area contributed by atoms with Crippen molar-refractivity contribution in [2.45, 2.75) is 45.4 Å². The monoisotopic (exact) mass is 425 g/mol. The Balaban J connectivity index is 2.59. The summed E-state index contributed by atoms with van der Waals surface area (Å²) in [6, 6.07) is 4.73. The number of carbonyl (C=O) groups is 1. The van der Waals surface area contributed by atoms with Crippen LogP contribution in [0.15, 0.2) is 66.0 Å². The van der Waals surface area contributed by atoms with Crippen molar-refractivity contribution >= 4 is 11.6 Å². The number of hydrogen-bond acceptors (Lipinski definition) is 4. The van der Waals surface area contributed by atoms with Crippen molar-refractivity contribution in [1.82, 2.24) is 10.2 Å². The minimum absolute atomic E-state index is 0.236. The van der Waals surface area contributed by atoms with Crippen molar-refractivity contribution in [2.24, 2.45) is 0 Å². The molecule has 0 heterocycles. The topological polar surface area (TPSA) is 76.4 Å². The molecule has 5 nitrogen and oxygen atoms in total. The van der Waals surface area contributed by atoms with Gasteiger partial charge in [-0.1, -0.05) is 30.9 Å². The van der Waals surface area contributed by atoms with E-state index in [4.69, 9.17) is 5.41 Å². The summed E-state index contributed by atoms with van der Waals surface area (Å²) in [4.78, 5) is 15.1. The molecule has 1 aliphatic rings. The molecule has 0 radical (unpaired) electrons. The third-order valence-corrected chi connectivity index (χ3v) is 5.88. The van der Waals surface area contributed by atoms with Crippen molar-refractivity contribution in [1.29, 1.82) is 5.41 Å². The van der Waals surface area contributed by atoms with E-state index in [1.165, 1.54) is 6.07 Å². The molecular weight excluding hydrogens is 393 g/mol. The summed E-state index contributed by atoms with van der Waals surface area (Å²) in [5.74, 6) is -0.745. The molecule has 2 rings (SSSR count). The van der Waals surface area contributed by atoms with Crippen LogP contribution >= 0.6 is 0 Å². The highest BCUT2D eigenvalue weighted by Gasteiger charge is 2.45. The number of nitrogens with one attached hydrogen (secondary N) is 2. The number of aliphatic hydroxyl groups is 1. The van der Waals surface area contributed by atoms with Gasteiger partial charge in [-0.15, -0.1) is 0 Å². The number of amides is 1. The summed E-state index contributed by atoms with van der Waals surface area (Å²) in [5.41, 5.74) is 2.97. The smallest absolute Gasteiger partial charge is 0.232 e. The second-order valence-corrected chi connectivity index (χ2v) is 7.85. The number of nitrogens with zero attached hydrogens (tertiary/aromatic N) is 1. The molecule has 6 heteroatoms. The average molecular weight is 426 g/mol. The zero-order valence-electron chi connectivity index (χ0n) is 18.8. The molecule has 0 bridgehead atoms. The first-order chi connectivity index (χ1) is 14.7. The molecule has 0 spiro atoms. The highest BCUT2D eigenvalue weighted by Crippen LogP contribution is 2.43. The standard InChI is InChI=1S/C25H32FN3O2/c1-6-9-17(3)23(7-2)29(5)15-19-14-25(13-12-22(19)27,24(31)28-16-30)20-10-8-11-21(26)18(20)4/h6-11,15,27,30H,2,12-14,16H2,1,3-5H3,(H,28,31)/b9-6-,19-15-,23-17+,27-22?. The van der Waals surface area contributed by atoms with Crippen molar-refractivity contribution < 1.29 is 14.3 Å². The Morgan fingerprint density at radius 1 is 1.45 bits per heavy atom. The lowest BCUT2D eigenvalue weighted by molar-refractivity contribution is -0.128. The Morgan fingerprint density at radius 3 is 2.77 bits per heavy atom. The first kappa shape index (κ1) is 24.3. The van der Waals surface area contributed by atoms with Crippen LogP contribution in [0.2, 0.25) is 0 Å². The Kier molecular flexibility index (Phi) is 8.11. The molecule has 31 heavy (non-hydrogen) atoms. The zero-order chi connectivity index (χ0) is 23.2. The first-order valence-corrected chi connectivity index (χ1v) is 10.3. The van der Waals surface area contributed by atoms with E-state index in [1.807, 2.05) is 44.1 Å². The summed E-state index contributed by atoms with van der Waals surface area (Å²) in [5, 5.41) is 20.3. The minimum Gasteiger partial charge on any atom is -0.377 e. The molecule has 1 aromatic carbocycles. The van der Waals surface area contributed by atoms with E-state index >= 15 is 0 Å². The molecule has 1 fully saturated rings. The number of allylic oxidation sites excluding steroid dienone is 5. The number of benzene rings is 1. The lowest BCUT2D eigenvalue weighted by Crippen LogP contribution is -2.48. The fraction of sp³-hybridized carbons (Fsp3) is 0.360. The maximum atomic E-state index is 14.4. The van der Waals surface area contributed by atoms with Gasteiger partial charge >= 0.3 is 0 Å². The quantitative estimate of drug-likeness (QED) is 0.445. The van der Waals surface area contributed by atoms with Crippen LogP contribution in [0.1, 0.15) is 44.2 Å². The number of aliphatic hydroxyl groups excluding tert-OH is 1. The van der Waals surface area contributed by atoms with Crippen LogP contribution in [0.25, 0.3) is 0 Å². The van der Waals surface area contributed by atoms with E-state index in [9.17, 15) is 14.3 Å². The van der Waals surface area contributed by atoms with Gasteiger partial charge in [0.25, 0.3) is 0 Å². The molecule has 1 unspecified atom stereocenters. The number of hydrogen-bond donors (Lipinski definition) is 3. The van der Waals surface area contributed by atoms with E-state index in [0.717, 1.165) is 11.3 Å². The van der Waals surface area contributed by atoms with E-state index in [-0.39, 0.29) is 18.1 Å². The molecule has 1 saturated carbocycles. The summed E-state index contributed by atoms with van der Waals surface area (Å²) in [6.45, 7) is 8.97. The largest absolute Gasteiger partial charge is 0.377 e. The van der Waals surface area contributed by atoms with Crippen molar-refractivity contribution in [3.05, 3.63) is 83.0 Å². The molecule has 1 atom stereocenters. The van der Waals surface area contributed by atoms with Crippen LogP contribution in [0, 0.1) is 18.2 Å². The van der Waals surface area contributed by atoms with Gasteiger partial charge in [0.1, 0.15) is 12.5 Å². The van der Waals surface area contributed by atoms with Gasteiger partial charge < -0.3 is 20.7 Å². The SMILES string of the molecule is C=C/C(=C(C)\C=C/C)N(C)/C=C1/CC(C(=O)NCO)(c2cccc(F)c2C)CCC1=N. The predicted molar refractivity (Wildman–Crippen MR) is 123 cm³/mol. The third-order valence-electron chi connectivity index (χ3n) is 5.88. The van der Waals surface area contributed by atoms with Crippen LogP contribution < -0.4 is 5.32 Å². The molecule has 0 aliphatic heterocycles. The van der Waals surface area contributed by atoms with Gasteiger partial charge in [0.05, 0.1) is 5.41 Å². The second-order valence-electron chi connectivity index (χ2n) is 7.85. The average Bonchev–Trinajstić information content (AvgIpc) is 2.73. The van der Waals surface area contributed by atoms with Crippen LogP contribution in [0.4, 0.5) is 4.39 Å². The fourth-order valence-corrected chi connectivity index (χ4v) is 4.28. The molecular formula is C25H32FN3O2. The summed E-state index contributed by atoms with van der Waals surface area (Å²) in [7, 11) is 1.88. The van der Waals surface area contributed by atoms with E-state index in [0.29, 0.717) is 35.3 Å². The molecule has 1 aliphatic carbocycles. The summed E-state index contributed by atoms with van der Waals surface area (Å²) >= 11 is 0.